The molecule has 142 valence electrons. The Labute approximate surface area is 181 Å². The van der Waals surface area contributed by atoms with E-state index in [1.54, 1.807) is 0 Å². The number of anilines is 2. The van der Waals surface area contributed by atoms with E-state index in [-0.39, 0.29) is 0 Å². The molecule has 0 saturated heterocycles. The van der Waals surface area contributed by atoms with Crippen LogP contribution in [-0.4, -0.2) is 21.4 Å². The van der Waals surface area contributed by atoms with Crippen LogP contribution in [0.15, 0.2) is 89.3 Å². The molecular weight excluding hydrogens is 461 g/mol. The topological polar surface area (TPSA) is 16.4 Å². The van der Waals surface area contributed by atoms with Crippen molar-refractivity contribution in [3.8, 4) is 0 Å². The zero-order chi connectivity index (χ0) is 19.6. The summed E-state index contributed by atoms with van der Waals surface area (Å²) in [7, 11) is 0. The number of rotatable bonds is 6. The van der Waals surface area contributed by atoms with E-state index in [9.17, 15) is 0 Å². The fraction of sp³-hybridized carbons (Fsp3) is 0.154. The van der Waals surface area contributed by atoms with Gasteiger partial charge in [-0.2, -0.15) is 0 Å². The van der Waals surface area contributed by atoms with Crippen LogP contribution in [0.5, 0.6) is 0 Å². The summed E-state index contributed by atoms with van der Waals surface area (Å²) in [4.78, 5) is 0. The average molecular weight is 484 g/mol. The molecule has 0 fully saturated rings. The SMILES string of the molecule is CCC[CH2][Sn][N](c1ccccc1)c1cccc2c1oc1c3ccccc3ccc21. The number of hydrogen-bond donors (Lipinski definition) is 0. The summed E-state index contributed by atoms with van der Waals surface area (Å²) in [6, 6.07) is 30.3. The molecule has 0 aliphatic rings. The molecule has 0 amide bonds. The predicted molar refractivity (Wildman–Crippen MR) is 125 cm³/mol. The van der Waals surface area contributed by atoms with E-state index < -0.39 is 21.4 Å². The van der Waals surface area contributed by atoms with E-state index in [1.807, 2.05) is 0 Å². The standard InChI is InChI=1S/C22H14NO.C4H9.Sn/c1-2-8-16(9-3-1)23-20-12-6-11-18-19-14-13-15-7-4-5-10-17(15)21(19)24-22(18)20;1-3-4-2;/h1-14H;1,3-4H2,2H3;/q-1;;+1. The van der Waals surface area contributed by atoms with Gasteiger partial charge in [-0.1, -0.05) is 0 Å². The Hall–Kier alpha value is -2.46. The summed E-state index contributed by atoms with van der Waals surface area (Å²) in [5, 5.41) is 4.82. The van der Waals surface area contributed by atoms with Crippen LogP contribution in [0.1, 0.15) is 19.8 Å². The summed E-state index contributed by atoms with van der Waals surface area (Å²) in [6.45, 7) is 2.28. The van der Waals surface area contributed by atoms with Crippen molar-refractivity contribution >= 4 is 65.5 Å². The molecule has 29 heavy (non-hydrogen) atoms. The van der Waals surface area contributed by atoms with Gasteiger partial charge in [-0.05, 0) is 0 Å². The quantitative estimate of drug-likeness (QED) is 0.181. The minimum absolute atomic E-state index is 0.800. The molecule has 0 unspecified atom stereocenters. The molecule has 0 aliphatic carbocycles. The Morgan fingerprint density at radius 1 is 0.724 bits per heavy atom. The van der Waals surface area contributed by atoms with Gasteiger partial charge in [0.25, 0.3) is 0 Å². The third-order valence-corrected chi connectivity index (χ3v) is 9.40. The van der Waals surface area contributed by atoms with Gasteiger partial charge in [0.15, 0.2) is 0 Å². The second kappa shape index (κ2) is 8.11. The van der Waals surface area contributed by atoms with Crippen molar-refractivity contribution in [3.63, 3.8) is 0 Å². The van der Waals surface area contributed by atoms with Crippen molar-refractivity contribution in [1.82, 2.24) is 0 Å². The summed E-state index contributed by atoms with van der Waals surface area (Å²) in [6.07, 6.45) is 2.56. The van der Waals surface area contributed by atoms with Gasteiger partial charge in [0.2, 0.25) is 0 Å². The van der Waals surface area contributed by atoms with Crippen LogP contribution < -0.4 is 3.12 Å². The molecule has 5 rings (SSSR count). The third-order valence-electron chi connectivity index (χ3n) is 5.42. The van der Waals surface area contributed by atoms with E-state index in [0.717, 1.165) is 11.2 Å². The second-order valence-electron chi connectivity index (χ2n) is 7.35. The first-order valence-electron chi connectivity index (χ1n) is 10.3. The molecule has 0 atom stereocenters. The van der Waals surface area contributed by atoms with E-state index >= 15 is 0 Å². The van der Waals surface area contributed by atoms with E-state index in [2.05, 4.69) is 95.0 Å². The van der Waals surface area contributed by atoms with Crippen LogP contribution in [0.2, 0.25) is 4.44 Å². The molecule has 3 heteroatoms. The average Bonchev–Trinajstić information content (AvgIpc) is 3.17. The maximum atomic E-state index is 6.59. The van der Waals surface area contributed by atoms with Gasteiger partial charge in [-0.3, -0.25) is 0 Å². The Bertz CT molecular complexity index is 1280. The fourth-order valence-electron chi connectivity index (χ4n) is 3.95. The molecule has 0 spiro atoms. The van der Waals surface area contributed by atoms with Gasteiger partial charge < -0.3 is 0 Å². The van der Waals surface area contributed by atoms with Gasteiger partial charge in [-0.15, -0.1) is 0 Å². The molecule has 0 saturated carbocycles. The Morgan fingerprint density at radius 2 is 1.48 bits per heavy atom. The van der Waals surface area contributed by atoms with Crippen LogP contribution in [0.3, 0.4) is 0 Å². The van der Waals surface area contributed by atoms with E-state index in [1.165, 1.54) is 50.2 Å². The molecule has 5 aromatic rings. The zero-order valence-electron chi connectivity index (χ0n) is 16.6. The molecule has 4 aromatic carbocycles. The molecule has 1 heterocycles. The first-order chi connectivity index (χ1) is 14.4. The molecule has 2 radical (unpaired) electrons. The predicted octanol–water partition coefficient (Wildman–Crippen LogP) is 7.71. The van der Waals surface area contributed by atoms with Crippen LogP contribution in [0.25, 0.3) is 32.7 Å². The summed E-state index contributed by atoms with van der Waals surface area (Å²) in [5.74, 6) is 0. The van der Waals surface area contributed by atoms with E-state index in [0.29, 0.717) is 0 Å². The second-order valence-corrected chi connectivity index (χ2v) is 11.0. The van der Waals surface area contributed by atoms with Gasteiger partial charge in [0, 0.05) is 0 Å². The molecule has 1 aromatic heterocycles. The first-order valence-corrected chi connectivity index (χ1v) is 13.6. The molecule has 0 bridgehead atoms. The number of furan rings is 1. The van der Waals surface area contributed by atoms with Crippen LogP contribution >= 0.6 is 0 Å². The maximum absolute atomic E-state index is 6.59. The van der Waals surface area contributed by atoms with Crippen LogP contribution in [-0.2, 0) is 0 Å². The van der Waals surface area contributed by atoms with Crippen LogP contribution in [0.4, 0.5) is 11.4 Å². The van der Waals surface area contributed by atoms with Crippen molar-refractivity contribution in [2.45, 2.75) is 24.2 Å². The van der Waals surface area contributed by atoms with Crippen molar-refractivity contribution < 1.29 is 4.42 Å². The number of unbranched alkanes of at least 4 members (excludes halogenated alkanes) is 1. The van der Waals surface area contributed by atoms with E-state index in [4.69, 9.17) is 4.42 Å². The van der Waals surface area contributed by atoms with Crippen molar-refractivity contribution in [1.29, 1.82) is 0 Å². The number of nitrogens with zero attached hydrogens (tertiary/aromatic N) is 1. The fourth-order valence-corrected chi connectivity index (χ4v) is 7.98. The summed E-state index contributed by atoms with van der Waals surface area (Å²) >= 11 is -0.800. The van der Waals surface area contributed by atoms with Gasteiger partial charge in [0.05, 0.1) is 0 Å². The molecular formula is C26H23NOSn. The Balaban J connectivity index is 1.73. The number of hydrogen-bond acceptors (Lipinski definition) is 2. The Morgan fingerprint density at radius 3 is 2.34 bits per heavy atom. The molecule has 2 nitrogen and oxygen atoms in total. The monoisotopic (exact) mass is 485 g/mol. The van der Waals surface area contributed by atoms with Crippen molar-refractivity contribution in [2.75, 3.05) is 3.12 Å². The Kier molecular flexibility index (Phi) is 5.19. The molecule has 0 aliphatic heterocycles. The van der Waals surface area contributed by atoms with Gasteiger partial charge >= 0.3 is 182 Å². The summed E-state index contributed by atoms with van der Waals surface area (Å²) < 4.78 is 10.5. The van der Waals surface area contributed by atoms with Crippen LogP contribution in [0, 0.1) is 0 Å². The van der Waals surface area contributed by atoms with Gasteiger partial charge in [-0.25, -0.2) is 0 Å². The van der Waals surface area contributed by atoms with Crippen molar-refractivity contribution in [2.24, 2.45) is 0 Å². The normalized spacial score (nSPS) is 11.5. The van der Waals surface area contributed by atoms with Gasteiger partial charge in [0.1, 0.15) is 0 Å². The van der Waals surface area contributed by atoms with Crippen molar-refractivity contribution in [3.05, 3.63) is 84.9 Å². The minimum atomic E-state index is -0.800. The first kappa shape index (κ1) is 18.6. The third kappa shape index (κ3) is 3.40. The number of benzene rings is 4. The number of para-hydroxylation sites is 2. The number of fused-ring (bicyclic) bond motifs is 5. The summed E-state index contributed by atoms with van der Waals surface area (Å²) in [5.41, 5.74) is 4.52. The molecule has 0 N–H and O–H groups in total. The zero-order valence-corrected chi connectivity index (χ0v) is 19.4.